The van der Waals surface area contributed by atoms with Crippen LogP contribution in [0.1, 0.15) is 17.3 Å². The number of primary sulfonamides is 1. The summed E-state index contributed by atoms with van der Waals surface area (Å²) in [4.78, 5) is 16.4. The number of carbonyl (C=O) groups is 1. The Morgan fingerprint density at radius 3 is 2.75 bits per heavy atom. The number of pyridine rings is 1. The largest absolute Gasteiger partial charge is 0.462 e. The molecule has 0 aliphatic rings. The molecule has 0 radical (unpaired) electrons. The van der Waals surface area contributed by atoms with Crippen molar-refractivity contribution in [3.8, 4) is 0 Å². The van der Waals surface area contributed by atoms with Gasteiger partial charge in [-0.15, -0.1) is 0 Å². The van der Waals surface area contributed by atoms with Crippen LogP contribution in [0.3, 0.4) is 0 Å². The number of benzene rings is 2. The van der Waals surface area contributed by atoms with Crippen molar-refractivity contribution in [2.75, 3.05) is 11.9 Å². The topological polar surface area (TPSA) is 111 Å². The number of fused-ring (bicyclic) bond motifs is 1. The number of ether oxygens (including phenoxy) is 1. The zero-order valence-corrected chi connectivity index (χ0v) is 16.1. The maximum atomic E-state index is 14.1. The second kappa shape index (κ2) is 7.70. The average molecular weight is 424 g/mol. The maximum Gasteiger partial charge on any atom is 0.341 e. The third kappa shape index (κ3) is 4.06. The van der Waals surface area contributed by atoms with Crippen LogP contribution in [0.2, 0.25) is 5.02 Å². The van der Waals surface area contributed by atoms with E-state index in [-0.39, 0.29) is 33.2 Å². The maximum absolute atomic E-state index is 14.1. The normalized spacial score (nSPS) is 11.4. The summed E-state index contributed by atoms with van der Waals surface area (Å²) in [5.41, 5.74) is 0.909. The number of esters is 1. The van der Waals surface area contributed by atoms with Gasteiger partial charge in [-0.1, -0.05) is 17.7 Å². The van der Waals surface area contributed by atoms with E-state index in [1.807, 2.05) is 0 Å². The number of hydrogen-bond acceptors (Lipinski definition) is 6. The quantitative estimate of drug-likeness (QED) is 0.606. The van der Waals surface area contributed by atoms with Crippen molar-refractivity contribution < 1.29 is 22.3 Å². The molecule has 1 aromatic heterocycles. The molecule has 0 fully saturated rings. The molecule has 0 aliphatic heterocycles. The van der Waals surface area contributed by atoms with Crippen LogP contribution in [0, 0.1) is 5.82 Å². The van der Waals surface area contributed by atoms with Gasteiger partial charge in [-0.3, -0.25) is 4.98 Å². The average Bonchev–Trinajstić information content (AvgIpc) is 2.63. The van der Waals surface area contributed by atoms with Crippen molar-refractivity contribution in [1.29, 1.82) is 0 Å². The fourth-order valence-corrected chi connectivity index (χ4v) is 3.30. The highest BCUT2D eigenvalue weighted by atomic mass is 35.5. The van der Waals surface area contributed by atoms with Crippen LogP contribution >= 0.6 is 11.6 Å². The molecule has 0 saturated heterocycles. The van der Waals surface area contributed by atoms with E-state index < -0.39 is 21.8 Å². The number of carbonyl (C=O) groups excluding carboxylic acids is 1. The van der Waals surface area contributed by atoms with Crippen LogP contribution < -0.4 is 10.5 Å². The molecule has 0 unspecified atom stereocenters. The Hall–Kier alpha value is -2.75. The molecular weight excluding hydrogens is 409 g/mol. The number of aromatic nitrogens is 1. The molecule has 0 aliphatic carbocycles. The zero-order chi connectivity index (χ0) is 20.5. The van der Waals surface area contributed by atoms with Crippen molar-refractivity contribution in [3.63, 3.8) is 0 Å². The van der Waals surface area contributed by atoms with Crippen molar-refractivity contribution >= 4 is 49.9 Å². The minimum atomic E-state index is -3.93. The summed E-state index contributed by atoms with van der Waals surface area (Å²) in [6.45, 7) is 1.78. The van der Waals surface area contributed by atoms with E-state index in [1.165, 1.54) is 30.5 Å². The minimum Gasteiger partial charge on any atom is -0.462 e. The van der Waals surface area contributed by atoms with Gasteiger partial charge >= 0.3 is 5.97 Å². The summed E-state index contributed by atoms with van der Waals surface area (Å²) < 4.78 is 42.3. The summed E-state index contributed by atoms with van der Waals surface area (Å²) in [6.07, 6.45) is 1.28. The predicted molar refractivity (Wildman–Crippen MR) is 104 cm³/mol. The predicted octanol–water partition coefficient (Wildman–Crippen LogP) is 3.60. The number of nitrogens with zero attached hydrogens (tertiary/aromatic N) is 1. The number of nitrogens with two attached hydrogens (primary N) is 1. The molecule has 28 heavy (non-hydrogen) atoms. The van der Waals surface area contributed by atoms with E-state index in [2.05, 4.69) is 10.3 Å². The molecule has 0 bridgehead atoms. The summed E-state index contributed by atoms with van der Waals surface area (Å²) in [7, 11) is -3.93. The van der Waals surface area contributed by atoms with Gasteiger partial charge in [-0.2, -0.15) is 0 Å². The van der Waals surface area contributed by atoms with Crippen LogP contribution in [-0.4, -0.2) is 26.0 Å². The van der Waals surface area contributed by atoms with Gasteiger partial charge in [0.25, 0.3) is 0 Å². The Balaban J connectivity index is 2.20. The van der Waals surface area contributed by atoms with E-state index in [4.69, 9.17) is 21.5 Å². The first kappa shape index (κ1) is 20.0. The van der Waals surface area contributed by atoms with Gasteiger partial charge in [-0.25, -0.2) is 22.7 Å². The van der Waals surface area contributed by atoms with Crippen LogP contribution in [0.4, 0.5) is 15.8 Å². The third-order valence-corrected chi connectivity index (χ3v) is 5.04. The van der Waals surface area contributed by atoms with E-state index in [0.29, 0.717) is 11.2 Å². The first-order chi connectivity index (χ1) is 13.2. The van der Waals surface area contributed by atoms with Crippen molar-refractivity contribution in [3.05, 3.63) is 59.0 Å². The molecule has 0 saturated carbocycles. The third-order valence-electron chi connectivity index (χ3n) is 3.84. The number of anilines is 2. The molecule has 7 nitrogen and oxygen atoms in total. The van der Waals surface area contributed by atoms with Crippen molar-refractivity contribution in [2.45, 2.75) is 11.8 Å². The fraction of sp³-hybridized carbons (Fsp3) is 0.111. The van der Waals surface area contributed by atoms with Crippen molar-refractivity contribution in [2.24, 2.45) is 5.14 Å². The van der Waals surface area contributed by atoms with Gasteiger partial charge < -0.3 is 10.1 Å². The first-order valence-corrected chi connectivity index (χ1v) is 9.98. The van der Waals surface area contributed by atoms with E-state index in [9.17, 15) is 17.6 Å². The molecule has 3 rings (SSSR count). The summed E-state index contributed by atoms with van der Waals surface area (Å²) in [5.74, 6) is -1.37. The highest BCUT2D eigenvalue weighted by molar-refractivity contribution is 7.89. The zero-order valence-electron chi connectivity index (χ0n) is 14.6. The van der Waals surface area contributed by atoms with E-state index >= 15 is 0 Å². The Morgan fingerprint density at radius 2 is 2.07 bits per heavy atom. The highest BCUT2D eigenvalue weighted by Gasteiger charge is 2.19. The second-order valence-corrected chi connectivity index (χ2v) is 7.72. The monoisotopic (exact) mass is 423 g/mol. The standard InChI is InChI=1S/C18H15ClFN3O4S/c1-2-27-18(24)13-9-22-16-8-14(19)15(20)7-12(16)17(13)23-10-4-3-5-11(6-10)28(21,25)26/h3-9H,2H2,1H3,(H,22,23)(H2,21,25,26). The molecule has 146 valence electrons. The molecule has 2 aromatic carbocycles. The molecule has 0 spiro atoms. The lowest BCUT2D eigenvalue weighted by Crippen LogP contribution is -2.12. The summed E-state index contributed by atoms with van der Waals surface area (Å²) in [6, 6.07) is 8.14. The van der Waals surface area contributed by atoms with Gasteiger partial charge in [0, 0.05) is 17.3 Å². The van der Waals surface area contributed by atoms with Gasteiger partial charge in [0.05, 0.1) is 27.7 Å². The van der Waals surface area contributed by atoms with E-state index in [1.54, 1.807) is 13.0 Å². The van der Waals surface area contributed by atoms with Crippen LogP contribution in [0.25, 0.3) is 10.9 Å². The smallest absolute Gasteiger partial charge is 0.341 e. The molecule has 0 atom stereocenters. The Kier molecular flexibility index (Phi) is 5.50. The van der Waals surface area contributed by atoms with Gasteiger partial charge in [0.1, 0.15) is 11.4 Å². The van der Waals surface area contributed by atoms with Gasteiger partial charge in [0.2, 0.25) is 10.0 Å². The van der Waals surface area contributed by atoms with Gasteiger partial charge in [-0.05, 0) is 37.3 Å². The van der Waals surface area contributed by atoms with E-state index in [0.717, 1.165) is 6.07 Å². The summed E-state index contributed by atoms with van der Waals surface area (Å²) >= 11 is 5.82. The Bertz CT molecular complexity index is 1180. The molecule has 10 heteroatoms. The van der Waals surface area contributed by atoms with Crippen molar-refractivity contribution in [1.82, 2.24) is 4.98 Å². The molecule has 1 heterocycles. The highest BCUT2D eigenvalue weighted by Crippen LogP contribution is 2.33. The Labute approximate surface area is 165 Å². The number of halogens is 2. The lowest BCUT2D eigenvalue weighted by Gasteiger charge is -2.15. The minimum absolute atomic E-state index is 0.0529. The number of sulfonamides is 1. The van der Waals surface area contributed by atoms with Gasteiger partial charge in [0.15, 0.2) is 0 Å². The number of nitrogens with one attached hydrogen (secondary N) is 1. The number of rotatable bonds is 5. The number of hydrogen-bond donors (Lipinski definition) is 2. The lowest BCUT2D eigenvalue weighted by atomic mass is 10.1. The van der Waals surface area contributed by atoms with Crippen LogP contribution in [-0.2, 0) is 14.8 Å². The summed E-state index contributed by atoms with van der Waals surface area (Å²) in [5, 5.41) is 8.26. The first-order valence-electron chi connectivity index (χ1n) is 8.05. The Morgan fingerprint density at radius 1 is 1.32 bits per heavy atom. The van der Waals surface area contributed by atoms with Crippen LogP contribution in [0.15, 0.2) is 47.5 Å². The molecule has 0 amide bonds. The SMILES string of the molecule is CCOC(=O)c1cnc2cc(Cl)c(F)cc2c1Nc1cccc(S(N)(=O)=O)c1. The molecular formula is C18H15ClFN3O4S. The molecule has 3 N–H and O–H groups in total. The lowest BCUT2D eigenvalue weighted by molar-refractivity contribution is 0.0527. The molecule has 3 aromatic rings. The fourth-order valence-electron chi connectivity index (χ4n) is 2.58. The van der Waals surface area contributed by atoms with Crippen LogP contribution in [0.5, 0.6) is 0 Å². The second-order valence-electron chi connectivity index (χ2n) is 5.75.